The van der Waals surface area contributed by atoms with Crippen molar-refractivity contribution in [2.24, 2.45) is 5.41 Å². The second kappa shape index (κ2) is 6.02. The van der Waals surface area contributed by atoms with Gasteiger partial charge in [0.15, 0.2) is 5.41 Å². The summed E-state index contributed by atoms with van der Waals surface area (Å²) in [6, 6.07) is 1.73. The summed E-state index contributed by atoms with van der Waals surface area (Å²) in [6.07, 6.45) is 0.274. The molecule has 0 spiro atoms. The predicted octanol–water partition coefficient (Wildman–Crippen LogP) is 1.33. The predicted molar refractivity (Wildman–Crippen MR) is 51.8 cm³/mol. The molecule has 1 atom stereocenters. The van der Waals surface area contributed by atoms with Crippen molar-refractivity contribution >= 4 is 11.9 Å². The van der Waals surface area contributed by atoms with Gasteiger partial charge in [-0.1, -0.05) is 13.3 Å². The van der Waals surface area contributed by atoms with Gasteiger partial charge in [0.2, 0.25) is 0 Å². The van der Waals surface area contributed by atoms with E-state index in [2.05, 4.69) is 0 Å². The third-order valence-corrected chi connectivity index (χ3v) is 2.13. The Kier molecular flexibility index (Phi) is 5.39. The van der Waals surface area contributed by atoms with Gasteiger partial charge in [0.1, 0.15) is 0 Å². The van der Waals surface area contributed by atoms with Crippen LogP contribution in [0.3, 0.4) is 0 Å². The minimum absolute atomic E-state index is 0.114. The minimum atomic E-state index is -1.69. The molecule has 0 saturated carbocycles. The summed E-state index contributed by atoms with van der Waals surface area (Å²) in [7, 11) is 0. The summed E-state index contributed by atoms with van der Waals surface area (Å²) >= 11 is 0. The third-order valence-electron chi connectivity index (χ3n) is 2.13. The number of rotatable bonds is 6. The van der Waals surface area contributed by atoms with Gasteiger partial charge in [-0.2, -0.15) is 5.26 Å². The average molecular weight is 213 g/mol. The molecule has 0 aliphatic heterocycles. The number of esters is 1. The SMILES string of the molecule is CCC[C@](CC#N)(C(=O)O)C(=O)OCC. The topological polar surface area (TPSA) is 87.4 Å². The highest BCUT2D eigenvalue weighted by Gasteiger charge is 2.46. The number of hydrogen-bond acceptors (Lipinski definition) is 4. The fraction of sp³-hybridized carbons (Fsp3) is 0.700. The highest BCUT2D eigenvalue weighted by Crippen LogP contribution is 2.30. The molecule has 0 fully saturated rings. The number of nitrogens with zero attached hydrogens (tertiary/aromatic N) is 1. The van der Waals surface area contributed by atoms with E-state index in [4.69, 9.17) is 15.1 Å². The molecule has 0 unspecified atom stereocenters. The van der Waals surface area contributed by atoms with E-state index >= 15 is 0 Å². The molecule has 0 bridgehead atoms. The zero-order valence-corrected chi connectivity index (χ0v) is 8.95. The first-order valence-electron chi connectivity index (χ1n) is 4.82. The first-order valence-corrected chi connectivity index (χ1v) is 4.82. The summed E-state index contributed by atoms with van der Waals surface area (Å²) in [4.78, 5) is 22.6. The fourth-order valence-electron chi connectivity index (χ4n) is 1.36. The zero-order chi connectivity index (χ0) is 11.9. The molecule has 0 heterocycles. The summed E-state index contributed by atoms with van der Waals surface area (Å²) in [5.41, 5.74) is -1.69. The van der Waals surface area contributed by atoms with E-state index in [-0.39, 0.29) is 19.4 Å². The van der Waals surface area contributed by atoms with Crippen molar-refractivity contribution in [1.29, 1.82) is 5.26 Å². The molecule has 5 nitrogen and oxygen atoms in total. The average Bonchev–Trinajstić information content (AvgIpc) is 2.17. The van der Waals surface area contributed by atoms with Crippen LogP contribution in [0.25, 0.3) is 0 Å². The molecule has 0 amide bonds. The summed E-state index contributed by atoms with van der Waals surface area (Å²) in [5.74, 6) is -2.11. The standard InChI is InChI=1S/C10H15NO4/c1-3-5-10(6-7-11,8(12)13)9(14)15-4-2/h3-6H2,1-2H3,(H,12,13)/t10-/m0/s1. The molecule has 1 N–H and O–H groups in total. The first kappa shape index (κ1) is 13.4. The number of hydrogen-bond donors (Lipinski definition) is 1. The van der Waals surface area contributed by atoms with Crippen LogP contribution in [0.2, 0.25) is 0 Å². The van der Waals surface area contributed by atoms with E-state index in [0.717, 1.165) is 0 Å². The lowest BCUT2D eigenvalue weighted by atomic mass is 9.80. The van der Waals surface area contributed by atoms with Gasteiger partial charge >= 0.3 is 11.9 Å². The van der Waals surface area contributed by atoms with Gasteiger partial charge in [-0.15, -0.1) is 0 Å². The second-order valence-corrected chi connectivity index (χ2v) is 3.19. The first-order chi connectivity index (χ1) is 7.05. The second-order valence-electron chi connectivity index (χ2n) is 3.19. The minimum Gasteiger partial charge on any atom is -0.480 e. The molecule has 0 aliphatic carbocycles. The highest BCUT2D eigenvalue weighted by atomic mass is 16.5. The Hall–Kier alpha value is -1.57. The fourth-order valence-corrected chi connectivity index (χ4v) is 1.36. The summed E-state index contributed by atoms with van der Waals surface area (Å²) in [6.45, 7) is 3.47. The Morgan fingerprint density at radius 3 is 2.40 bits per heavy atom. The van der Waals surface area contributed by atoms with Crippen LogP contribution in [0.4, 0.5) is 0 Å². The lowest BCUT2D eigenvalue weighted by molar-refractivity contribution is -0.169. The van der Waals surface area contributed by atoms with Gasteiger partial charge in [0.25, 0.3) is 0 Å². The maximum absolute atomic E-state index is 11.5. The Balaban J connectivity index is 5.03. The van der Waals surface area contributed by atoms with Crippen molar-refractivity contribution in [2.75, 3.05) is 6.61 Å². The van der Waals surface area contributed by atoms with Crippen LogP contribution in [-0.4, -0.2) is 23.7 Å². The van der Waals surface area contributed by atoms with E-state index in [9.17, 15) is 9.59 Å². The number of carboxylic acid groups (broad SMARTS) is 1. The van der Waals surface area contributed by atoms with Crippen molar-refractivity contribution < 1.29 is 19.4 Å². The van der Waals surface area contributed by atoms with Gasteiger partial charge in [-0.25, -0.2) is 0 Å². The number of carbonyl (C=O) groups excluding carboxylic acids is 1. The van der Waals surface area contributed by atoms with Gasteiger partial charge in [0, 0.05) is 0 Å². The zero-order valence-electron chi connectivity index (χ0n) is 8.95. The van der Waals surface area contributed by atoms with E-state index in [1.807, 2.05) is 0 Å². The molecule has 5 heteroatoms. The maximum atomic E-state index is 11.5. The molecule has 84 valence electrons. The number of carboxylic acids is 1. The molecule has 0 aromatic heterocycles. The molecule has 15 heavy (non-hydrogen) atoms. The van der Waals surface area contributed by atoms with E-state index in [1.54, 1.807) is 19.9 Å². The molecule has 0 aliphatic rings. The van der Waals surface area contributed by atoms with Crippen molar-refractivity contribution in [3.8, 4) is 6.07 Å². The monoisotopic (exact) mass is 213 g/mol. The Morgan fingerprint density at radius 1 is 1.47 bits per heavy atom. The van der Waals surface area contributed by atoms with Gasteiger partial charge in [-0.3, -0.25) is 9.59 Å². The Bertz CT molecular complexity index is 282. The van der Waals surface area contributed by atoms with Gasteiger partial charge < -0.3 is 9.84 Å². The molecule has 0 aromatic rings. The van der Waals surface area contributed by atoms with Crippen molar-refractivity contribution in [1.82, 2.24) is 0 Å². The van der Waals surface area contributed by atoms with Crippen LogP contribution in [0, 0.1) is 16.7 Å². The number of nitriles is 1. The lowest BCUT2D eigenvalue weighted by Gasteiger charge is -2.23. The van der Waals surface area contributed by atoms with Crippen LogP contribution in [0.5, 0.6) is 0 Å². The van der Waals surface area contributed by atoms with Crippen molar-refractivity contribution in [2.45, 2.75) is 33.1 Å². The molecule has 0 radical (unpaired) electrons. The maximum Gasteiger partial charge on any atom is 0.324 e. The quantitative estimate of drug-likeness (QED) is 0.531. The van der Waals surface area contributed by atoms with Crippen LogP contribution in [0.15, 0.2) is 0 Å². The smallest absolute Gasteiger partial charge is 0.324 e. The van der Waals surface area contributed by atoms with Gasteiger partial charge in [0.05, 0.1) is 19.1 Å². The van der Waals surface area contributed by atoms with E-state index < -0.39 is 17.4 Å². The molecular weight excluding hydrogens is 198 g/mol. The largest absolute Gasteiger partial charge is 0.480 e. The number of ether oxygens (including phenoxy) is 1. The van der Waals surface area contributed by atoms with Crippen LogP contribution >= 0.6 is 0 Å². The Labute approximate surface area is 88.6 Å². The van der Waals surface area contributed by atoms with E-state index in [1.165, 1.54) is 0 Å². The van der Waals surface area contributed by atoms with Crippen LogP contribution in [0.1, 0.15) is 33.1 Å². The van der Waals surface area contributed by atoms with Crippen molar-refractivity contribution in [3.05, 3.63) is 0 Å². The molecular formula is C10H15NO4. The Morgan fingerprint density at radius 2 is 2.07 bits per heavy atom. The van der Waals surface area contributed by atoms with Crippen LogP contribution in [-0.2, 0) is 14.3 Å². The van der Waals surface area contributed by atoms with Gasteiger partial charge in [-0.05, 0) is 13.3 Å². The summed E-state index contributed by atoms with van der Waals surface area (Å²) < 4.78 is 4.70. The van der Waals surface area contributed by atoms with Crippen molar-refractivity contribution in [3.63, 3.8) is 0 Å². The molecule has 0 rings (SSSR count). The normalized spacial score (nSPS) is 13.7. The molecule has 0 aromatic carbocycles. The lowest BCUT2D eigenvalue weighted by Crippen LogP contribution is -2.40. The van der Waals surface area contributed by atoms with Crippen LogP contribution < -0.4 is 0 Å². The van der Waals surface area contributed by atoms with E-state index in [0.29, 0.717) is 6.42 Å². The molecule has 0 saturated heterocycles. The number of carbonyl (C=O) groups is 2. The number of aliphatic carboxylic acids is 1. The summed E-state index contributed by atoms with van der Waals surface area (Å²) in [5, 5.41) is 17.6. The highest BCUT2D eigenvalue weighted by molar-refractivity contribution is 5.99. The third kappa shape index (κ3) is 2.94.